The number of hydrogen-bond acceptors (Lipinski definition) is 7. The number of rotatable bonds is 4. The largest absolute Gasteiger partial charge is 0.404 e. The standard InChI is InChI=1S/C23H19N7O/c1-27-22(15-6-4-13-3-2-8-28-21(13)19(15)11-25)18(10-24)14-5-7-16-17(9-14)20(12-26)29-30-23(16)31/h2-10H,12,24,26H2,1H3,(H,30,31). The molecule has 4 rings (SSSR count). The molecular formula is C23H19N7O. The van der Waals surface area contributed by atoms with E-state index >= 15 is 0 Å². The zero-order chi connectivity index (χ0) is 22.0. The summed E-state index contributed by atoms with van der Waals surface area (Å²) in [5.41, 5.74) is 15.6. The van der Waals surface area contributed by atoms with E-state index in [1.54, 1.807) is 25.4 Å². The Morgan fingerprint density at radius 1 is 1.26 bits per heavy atom. The van der Waals surface area contributed by atoms with Gasteiger partial charge in [-0.3, -0.25) is 14.8 Å². The lowest BCUT2D eigenvalue weighted by Gasteiger charge is -2.14. The van der Waals surface area contributed by atoms with Gasteiger partial charge in [-0.1, -0.05) is 24.3 Å². The maximum absolute atomic E-state index is 12.2. The number of H-pyrrole nitrogens is 1. The van der Waals surface area contributed by atoms with Crippen LogP contribution in [0.15, 0.2) is 64.6 Å². The number of nitrogens with zero attached hydrogens (tertiary/aromatic N) is 4. The minimum atomic E-state index is -0.297. The molecule has 8 nitrogen and oxygen atoms in total. The summed E-state index contributed by atoms with van der Waals surface area (Å²) in [5, 5.41) is 18.4. The summed E-state index contributed by atoms with van der Waals surface area (Å²) in [5.74, 6) is 0. The highest BCUT2D eigenvalue weighted by atomic mass is 16.1. The summed E-state index contributed by atoms with van der Waals surface area (Å²) >= 11 is 0. The lowest BCUT2D eigenvalue weighted by atomic mass is 9.91. The normalized spacial score (nSPS) is 12.3. The van der Waals surface area contributed by atoms with E-state index in [1.807, 2.05) is 30.3 Å². The first-order valence-electron chi connectivity index (χ1n) is 9.52. The molecule has 0 spiro atoms. The van der Waals surface area contributed by atoms with Crippen molar-refractivity contribution in [2.45, 2.75) is 6.54 Å². The Bertz CT molecular complexity index is 1480. The predicted molar refractivity (Wildman–Crippen MR) is 121 cm³/mol. The van der Waals surface area contributed by atoms with E-state index in [2.05, 4.69) is 26.2 Å². The lowest BCUT2D eigenvalue weighted by molar-refractivity contribution is 0.900. The highest BCUT2D eigenvalue weighted by Crippen LogP contribution is 2.28. The van der Waals surface area contributed by atoms with Crippen molar-refractivity contribution in [1.82, 2.24) is 15.2 Å². The van der Waals surface area contributed by atoms with E-state index in [4.69, 9.17) is 11.5 Å². The second-order valence-corrected chi connectivity index (χ2v) is 6.79. The van der Waals surface area contributed by atoms with Crippen molar-refractivity contribution < 1.29 is 0 Å². The van der Waals surface area contributed by atoms with Crippen molar-refractivity contribution in [3.63, 3.8) is 0 Å². The smallest absolute Gasteiger partial charge is 0.272 e. The average molecular weight is 409 g/mol. The molecule has 2 aromatic carbocycles. The Morgan fingerprint density at radius 2 is 2.10 bits per heavy atom. The van der Waals surface area contributed by atoms with Gasteiger partial charge in [0.25, 0.3) is 5.56 Å². The molecule has 0 aliphatic heterocycles. The molecule has 2 aromatic heterocycles. The van der Waals surface area contributed by atoms with Gasteiger partial charge in [0.15, 0.2) is 0 Å². The fourth-order valence-electron chi connectivity index (χ4n) is 3.70. The topological polar surface area (TPSA) is 147 Å². The first-order chi connectivity index (χ1) is 15.1. The average Bonchev–Trinajstić information content (AvgIpc) is 2.82. The summed E-state index contributed by atoms with van der Waals surface area (Å²) in [7, 11) is 1.64. The quantitative estimate of drug-likeness (QED) is 0.440. The first kappa shape index (κ1) is 19.9. The zero-order valence-electron chi connectivity index (χ0n) is 16.8. The molecule has 0 radical (unpaired) electrons. The van der Waals surface area contributed by atoms with Crippen molar-refractivity contribution in [1.29, 1.82) is 5.26 Å². The van der Waals surface area contributed by atoms with Crippen LogP contribution in [-0.4, -0.2) is 27.9 Å². The summed E-state index contributed by atoms with van der Waals surface area (Å²) in [6, 6.07) is 15.0. The maximum atomic E-state index is 12.2. The lowest BCUT2D eigenvalue weighted by Crippen LogP contribution is -2.14. The van der Waals surface area contributed by atoms with E-state index in [0.29, 0.717) is 44.4 Å². The van der Waals surface area contributed by atoms with Crippen molar-refractivity contribution in [2.75, 3.05) is 7.05 Å². The fraction of sp³-hybridized carbons (Fsp3) is 0.0870. The molecule has 2 heterocycles. The van der Waals surface area contributed by atoms with Crippen LogP contribution >= 0.6 is 0 Å². The van der Waals surface area contributed by atoms with Crippen molar-refractivity contribution in [3.05, 3.63) is 87.6 Å². The Balaban J connectivity index is 1.93. The monoisotopic (exact) mass is 409 g/mol. The molecule has 31 heavy (non-hydrogen) atoms. The number of nitriles is 1. The van der Waals surface area contributed by atoms with Crippen molar-refractivity contribution in [2.24, 2.45) is 16.5 Å². The van der Waals surface area contributed by atoms with Gasteiger partial charge in [-0.2, -0.15) is 10.4 Å². The van der Waals surface area contributed by atoms with E-state index < -0.39 is 0 Å². The Kier molecular flexibility index (Phi) is 5.26. The van der Waals surface area contributed by atoms with Gasteiger partial charge >= 0.3 is 0 Å². The molecule has 0 amide bonds. The zero-order valence-corrected chi connectivity index (χ0v) is 16.8. The number of benzene rings is 2. The molecule has 0 unspecified atom stereocenters. The number of fused-ring (bicyclic) bond motifs is 2. The molecule has 152 valence electrons. The van der Waals surface area contributed by atoms with Crippen LogP contribution in [0.5, 0.6) is 0 Å². The highest BCUT2D eigenvalue weighted by Gasteiger charge is 2.19. The van der Waals surface area contributed by atoms with E-state index in [-0.39, 0.29) is 12.1 Å². The molecule has 0 saturated heterocycles. The molecule has 0 saturated carbocycles. The predicted octanol–water partition coefficient (Wildman–Crippen LogP) is 2.22. The summed E-state index contributed by atoms with van der Waals surface area (Å²) in [6.45, 7) is 0.169. The van der Waals surface area contributed by atoms with Gasteiger partial charge in [0.05, 0.1) is 27.9 Å². The Hall–Kier alpha value is -4.35. The van der Waals surface area contributed by atoms with Crippen LogP contribution in [0.2, 0.25) is 0 Å². The first-order valence-corrected chi connectivity index (χ1v) is 9.52. The number of nitrogens with one attached hydrogen (secondary N) is 1. The van der Waals surface area contributed by atoms with Crippen LogP contribution in [0, 0.1) is 11.3 Å². The van der Waals surface area contributed by atoms with E-state index in [1.165, 1.54) is 6.20 Å². The van der Waals surface area contributed by atoms with Crippen LogP contribution in [0.4, 0.5) is 0 Å². The third kappa shape index (κ3) is 3.33. The van der Waals surface area contributed by atoms with Gasteiger partial charge in [-0.15, -0.1) is 0 Å². The molecule has 5 N–H and O–H groups in total. The molecule has 4 aromatic rings. The third-order valence-electron chi connectivity index (χ3n) is 5.16. The van der Waals surface area contributed by atoms with Crippen LogP contribution in [-0.2, 0) is 6.54 Å². The van der Waals surface area contributed by atoms with Gasteiger partial charge in [0, 0.05) is 47.9 Å². The molecule has 0 atom stereocenters. The van der Waals surface area contributed by atoms with Gasteiger partial charge in [0.1, 0.15) is 6.07 Å². The number of aromatic nitrogens is 3. The number of aliphatic imine (C=N–C) groups is 1. The molecule has 0 bridgehead atoms. The Morgan fingerprint density at radius 3 is 2.81 bits per heavy atom. The van der Waals surface area contributed by atoms with Gasteiger partial charge in [0.2, 0.25) is 0 Å². The summed E-state index contributed by atoms with van der Waals surface area (Å²) in [6.07, 6.45) is 3.09. The summed E-state index contributed by atoms with van der Waals surface area (Å²) < 4.78 is 0. The van der Waals surface area contributed by atoms with Crippen molar-refractivity contribution in [3.8, 4) is 6.07 Å². The number of pyridine rings is 1. The van der Waals surface area contributed by atoms with Crippen LogP contribution in [0.3, 0.4) is 0 Å². The van der Waals surface area contributed by atoms with E-state index in [9.17, 15) is 10.1 Å². The molecule has 8 heteroatoms. The van der Waals surface area contributed by atoms with Gasteiger partial charge in [-0.25, -0.2) is 5.10 Å². The summed E-state index contributed by atoms with van der Waals surface area (Å²) in [4.78, 5) is 21.0. The minimum Gasteiger partial charge on any atom is -0.404 e. The van der Waals surface area contributed by atoms with Crippen LogP contribution < -0.4 is 17.0 Å². The second kappa shape index (κ2) is 8.18. The second-order valence-electron chi connectivity index (χ2n) is 6.79. The third-order valence-corrected chi connectivity index (χ3v) is 5.16. The van der Waals surface area contributed by atoms with Crippen LogP contribution in [0.1, 0.15) is 22.4 Å². The molecule has 0 aliphatic carbocycles. The molecular weight excluding hydrogens is 390 g/mol. The van der Waals surface area contributed by atoms with Crippen LogP contribution in [0.25, 0.3) is 27.2 Å². The number of nitrogens with two attached hydrogens (primary N) is 2. The number of allylic oxidation sites excluding steroid dienone is 1. The van der Waals surface area contributed by atoms with Gasteiger partial charge < -0.3 is 11.5 Å². The number of hydrogen-bond donors (Lipinski definition) is 3. The van der Waals surface area contributed by atoms with Crippen molar-refractivity contribution >= 4 is 33.0 Å². The minimum absolute atomic E-state index is 0.169. The SMILES string of the molecule is CN=C(C(=CN)c1ccc2c(=O)[nH]nc(CN)c2c1)c1ccc2cccnc2c1C#N. The maximum Gasteiger partial charge on any atom is 0.272 e. The Labute approximate surface area is 177 Å². The highest BCUT2D eigenvalue weighted by molar-refractivity contribution is 6.33. The number of aromatic amines is 1. The molecule has 0 fully saturated rings. The molecule has 0 aliphatic rings. The van der Waals surface area contributed by atoms with Gasteiger partial charge in [-0.05, 0) is 23.8 Å². The fourth-order valence-corrected chi connectivity index (χ4v) is 3.70. The van der Waals surface area contributed by atoms with E-state index in [0.717, 1.165) is 10.9 Å².